The summed E-state index contributed by atoms with van der Waals surface area (Å²) in [6.07, 6.45) is 2.28. The highest BCUT2D eigenvalue weighted by Gasteiger charge is 2.40. The smallest absolute Gasteiger partial charge is 0.0805 e. The molecule has 0 aromatic heterocycles. The summed E-state index contributed by atoms with van der Waals surface area (Å²) in [6.45, 7) is 2.90. The standard InChI is InChI=1S/C7H15NO/c1-6-3-7(4-6,5-8)9-2/h6H,3-5,8H2,1-2H3. The molecule has 0 heterocycles. The van der Waals surface area contributed by atoms with Gasteiger partial charge in [-0.1, -0.05) is 6.92 Å². The van der Waals surface area contributed by atoms with Gasteiger partial charge >= 0.3 is 0 Å². The second-order valence-electron chi connectivity index (χ2n) is 3.10. The molecule has 0 bridgehead atoms. The van der Waals surface area contributed by atoms with E-state index in [9.17, 15) is 0 Å². The van der Waals surface area contributed by atoms with Crippen molar-refractivity contribution < 1.29 is 4.74 Å². The third-order valence-corrected chi connectivity index (χ3v) is 2.25. The normalized spacial score (nSPS) is 42.3. The van der Waals surface area contributed by atoms with Crippen LogP contribution < -0.4 is 5.73 Å². The summed E-state index contributed by atoms with van der Waals surface area (Å²) in [6, 6.07) is 0. The molecule has 0 unspecified atom stereocenters. The van der Waals surface area contributed by atoms with Crippen molar-refractivity contribution in [1.29, 1.82) is 0 Å². The number of nitrogens with two attached hydrogens (primary N) is 1. The first kappa shape index (κ1) is 7.03. The quantitative estimate of drug-likeness (QED) is 0.597. The van der Waals surface area contributed by atoms with Crippen molar-refractivity contribution in [1.82, 2.24) is 0 Å². The maximum absolute atomic E-state index is 5.52. The average molecular weight is 129 g/mol. The zero-order valence-electron chi connectivity index (χ0n) is 6.18. The summed E-state index contributed by atoms with van der Waals surface area (Å²) in [4.78, 5) is 0. The molecule has 2 N–H and O–H groups in total. The van der Waals surface area contributed by atoms with Crippen molar-refractivity contribution in [3.63, 3.8) is 0 Å². The molecule has 0 saturated heterocycles. The second-order valence-corrected chi connectivity index (χ2v) is 3.10. The molecule has 1 saturated carbocycles. The van der Waals surface area contributed by atoms with Crippen molar-refractivity contribution in [2.75, 3.05) is 13.7 Å². The zero-order valence-corrected chi connectivity index (χ0v) is 6.18. The van der Waals surface area contributed by atoms with Gasteiger partial charge in [-0.25, -0.2) is 0 Å². The lowest BCUT2D eigenvalue weighted by Crippen LogP contribution is -2.50. The van der Waals surface area contributed by atoms with E-state index in [1.807, 2.05) is 0 Å². The summed E-state index contributed by atoms with van der Waals surface area (Å²) in [5.41, 5.74) is 5.57. The van der Waals surface area contributed by atoms with E-state index in [1.54, 1.807) is 7.11 Å². The van der Waals surface area contributed by atoms with Crippen LogP contribution in [0.3, 0.4) is 0 Å². The van der Waals surface area contributed by atoms with Gasteiger partial charge < -0.3 is 10.5 Å². The average Bonchev–Trinajstić information content (AvgIpc) is 1.81. The van der Waals surface area contributed by atoms with Crippen LogP contribution in [-0.2, 0) is 4.74 Å². The van der Waals surface area contributed by atoms with E-state index in [0.29, 0.717) is 6.54 Å². The van der Waals surface area contributed by atoms with Crippen LogP contribution in [0.2, 0.25) is 0 Å². The maximum atomic E-state index is 5.52. The van der Waals surface area contributed by atoms with Crippen molar-refractivity contribution >= 4 is 0 Å². The number of methoxy groups -OCH3 is 1. The van der Waals surface area contributed by atoms with E-state index in [-0.39, 0.29) is 5.60 Å². The second kappa shape index (κ2) is 2.27. The molecular formula is C7H15NO. The minimum atomic E-state index is 0.0550. The van der Waals surface area contributed by atoms with Crippen molar-refractivity contribution in [2.45, 2.75) is 25.4 Å². The Morgan fingerprint density at radius 1 is 1.67 bits per heavy atom. The van der Waals surface area contributed by atoms with Gasteiger partial charge in [0.05, 0.1) is 5.60 Å². The molecule has 0 aromatic rings. The van der Waals surface area contributed by atoms with Crippen LogP contribution >= 0.6 is 0 Å². The lowest BCUT2D eigenvalue weighted by molar-refractivity contribution is -0.0922. The monoisotopic (exact) mass is 129 g/mol. The molecule has 0 aromatic carbocycles. The lowest BCUT2D eigenvalue weighted by atomic mass is 9.72. The first-order valence-electron chi connectivity index (χ1n) is 3.48. The highest BCUT2D eigenvalue weighted by Crippen LogP contribution is 2.38. The number of hydrogen-bond acceptors (Lipinski definition) is 2. The van der Waals surface area contributed by atoms with Crippen LogP contribution in [-0.4, -0.2) is 19.3 Å². The molecule has 2 heteroatoms. The Kier molecular flexibility index (Phi) is 1.78. The molecular weight excluding hydrogens is 114 g/mol. The van der Waals surface area contributed by atoms with Crippen LogP contribution in [0, 0.1) is 5.92 Å². The Bertz CT molecular complexity index is 91.1. The van der Waals surface area contributed by atoms with Gasteiger partial charge in [0.2, 0.25) is 0 Å². The summed E-state index contributed by atoms with van der Waals surface area (Å²) >= 11 is 0. The Hall–Kier alpha value is -0.0800. The van der Waals surface area contributed by atoms with Crippen LogP contribution in [0.25, 0.3) is 0 Å². The third kappa shape index (κ3) is 1.10. The van der Waals surface area contributed by atoms with Crippen LogP contribution in [0.15, 0.2) is 0 Å². The first-order valence-corrected chi connectivity index (χ1v) is 3.48. The van der Waals surface area contributed by atoms with Crippen molar-refractivity contribution in [3.8, 4) is 0 Å². The molecule has 1 fully saturated rings. The van der Waals surface area contributed by atoms with Crippen LogP contribution in [0.1, 0.15) is 19.8 Å². The van der Waals surface area contributed by atoms with Gasteiger partial charge in [0.1, 0.15) is 0 Å². The fraction of sp³-hybridized carbons (Fsp3) is 1.00. The molecule has 1 aliphatic rings. The minimum absolute atomic E-state index is 0.0550. The molecule has 0 spiro atoms. The predicted molar refractivity (Wildman–Crippen MR) is 37.2 cm³/mol. The highest BCUT2D eigenvalue weighted by atomic mass is 16.5. The van der Waals surface area contributed by atoms with Crippen molar-refractivity contribution in [3.05, 3.63) is 0 Å². The number of hydrogen-bond donors (Lipinski definition) is 1. The highest BCUT2D eigenvalue weighted by molar-refractivity contribution is 4.94. The van der Waals surface area contributed by atoms with Gasteiger partial charge in [-0.3, -0.25) is 0 Å². The Morgan fingerprint density at radius 3 is 2.33 bits per heavy atom. The first-order chi connectivity index (χ1) is 4.22. The SMILES string of the molecule is COC1(CN)CC(C)C1. The summed E-state index contributed by atoms with van der Waals surface area (Å²) in [5.74, 6) is 0.813. The Balaban J connectivity index is 2.36. The Labute approximate surface area is 56.4 Å². The fourth-order valence-corrected chi connectivity index (χ4v) is 1.63. The largest absolute Gasteiger partial charge is 0.377 e. The zero-order chi connectivity index (χ0) is 6.91. The van der Waals surface area contributed by atoms with E-state index in [4.69, 9.17) is 10.5 Å². The predicted octanol–water partition coefficient (Wildman–Crippen LogP) is 0.760. The maximum Gasteiger partial charge on any atom is 0.0805 e. The van der Waals surface area contributed by atoms with Gasteiger partial charge in [0, 0.05) is 13.7 Å². The van der Waals surface area contributed by atoms with Gasteiger partial charge in [-0.05, 0) is 18.8 Å². The summed E-state index contributed by atoms with van der Waals surface area (Å²) in [5, 5.41) is 0. The molecule has 0 atom stereocenters. The van der Waals surface area contributed by atoms with E-state index in [1.165, 1.54) is 0 Å². The molecule has 1 rings (SSSR count). The van der Waals surface area contributed by atoms with Crippen LogP contribution in [0.4, 0.5) is 0 Å². The van der Waals surface area contributed by atoms with Gasteiger partial charge in [-0.2, -0.15) is 0 Å². The van der Waals surface area contributed by atoms with E-state index in [0.717, 1.165) is 18.8 Å². The summed E-state index contributed by atoms with van der Waals surface area (Å²) < 4.78 is 5.27. The van der Waals surface area contributed by atoms with Crippen LogP contribution in [0.5, 0.6) is 0 Å². The molecule has 1 aliphatic carbocycles. The topological polar surface area (TPSA) is 35.2 Å². The molecule has 0 amide bonds. The van der Waals surface area contributed by atoms with E-state index in [2.05, 4.69) is 6.92 Å². The Morgan fingerprint density at radius 2 is 2.22 bits per heavy atom. The van der Waals surface area contributed by atoms with Gasteiger partial charge in [0.25, 0.3) is 0 Å². The molecule has 9 heavy (non-hydrogen) atoms. The van der Waals surface area contributed by atoms with Gasteiger partial charge in [-0.15, -0.1) is 0 Å². The summed E-state index contributed by atoms with van der Waals surface area (Å²) in [7, 11) is 1.75. The molecule has 54 valence electrons. The van der Waals surface area contributed by atoms with E-state index >= 15 is 0 Å². The van der Waals surface area contributed by atoms with E-state index < -0.39 is 0 Å². The number of rotatable bonds is 2. The van der Waals surface area contributed by atoms with Gasteiger partial charge in [0.15, 0.2) is 0 Å². The lowest BCUT2D eigenvalue weighted by Gasteiger charge is -2.44. The van der Waals surface area contributed by atoms with Crippen molar-refractivity contribution in [2.24, 2.45) is 11.7 Å². The number of ether oxygens (including phenoxy) is 1. The third-order valence-electron chi connectivity index (χ3n) is 2.25. The fourth-order valence-electron chi connectivity index (χ4n) is 1.63. The minimum Gasteiger partial charge on any atom is -0.377 e. The molecule has 0 radical (unpaired) electrons. The molecule has 2 nitrogen and oxygen atoms in total. The molecule has 0 aliphatic heterocycles.